The Morgan fingerprint density at radius 2 is 2.05 bits per heavy atom. The van der Waals surface area contributed by atoms with Crippen LogP contribution in [0.5, 0.6) is 11.5 Å². The molecule has 15 heteroatoms. The van der Waals surface area contributed by atoms with Gasteiger partial charge in [0, 0.05) is 40.4 Å². The van der Waals surface area contributed by atoms with Gasteiger partial charge in [-0.2, -0.15) is 0 Å². The largest absolute Gasteiger partial charge is 0.489 e. The number of nitrogens with one attached hydrogen (secondary N) is 1. The van der Waals surface area contributed by atoms with E-state index in [1.54, 1.807) is 31.6 Å². The van der Waals surface area contributed by atoms with E-state index in [4.69, 9.17) is 23.9 Å². The van der Waals surface area contributed by atoms with Gasteiger partial charge in [-0.1, -0.05) is 15.9 Å². The van der Waals surface area contributed by atoms with E-state index in [9.17, 15) is 17.6 Å². The number of anilines is 2. The summed E-state index contributed by atoms with van der Waals surface area (Å²) in [5.74, 6) is 1.89. The van der Waals surface area contributed by atoms with Crippen LogP contribution in [0.15, 0.2) is 58.2 Å². The Morgan fingerprint density at radius 3 is 2.89 bits per heavy atom. The van der Waals surface area contributed by atoms with Crippen LogP contribution < -0.4 is 19.7 Å². The van der Waals surface area contributed by atoms with E-state index in [-0.39, 0.29) is 29.2 Å². The average Bonchev–Trinajstić information content (AvgIpc) is 3.14. The van der Waals surface area contributed by atoms with Gasteiger partial charge in [0.1, 0.15) is 24.8 Å². The fourth-order valence-electron chi connectivity index (χ4n) is 4.81. The van der Waals surface area contributed by atoms with E-state index in [1.807, 2.05) is 17.0 Å². The highest BCUT2D eigenvalue weighted by Gasteiger charge is 2.34. The summed E-state index contributed by atoms with van der Waals surface area (Å²) in [6.07, 6.45) is 3.29. The van der Waals surface area contributed by atoms with Crippen LogP contribution in [-0.2, 0) is 32.5 Å². The van der Waals surface area contributed by atoms with Gasteiger partial charge in [-0.15, -0.1) is 0 Å². The number of methoxy groups -OCH3 is 1. The Balaban J connectivity index is 1.20. The first-order chi connectivity index (χ1) is 21.2. The second-order valence-electron chi connectivity index (χ2n) is 9.96. The van der Waals surface area contributed by atoms with Crippen molar-refractivity contribution in [1.82, 2.24) is 20.3 Å². The van der Waals surface area contributed by atoms with Crippen molar-refractivity contribution in [2.24, 2.45) is 0 Å². The summed E-state index contributed by atoms with van der Waals surface area (Å²) >= 11 is 3.30. The van der Waals surface area contributed by atoms with Crippen molar-refractivity contribution in [1.29, 1.82) is 0 Å². The molecule has 12 nitrogen and oxygen atoms in total. The number of rotatable bonds is 8. The van der Waals surface area contributed by atoms with E-state index in [0.717, 1.165) is 5.39 Å². The number of alkyl halides is 1. The number of pyridine rings is 3. The molecule has 1 amide bonds. The van der Waals surface area contributed by atoms with E-state index in [1.165, 1.54) is 12.1 Å². The highest BCUT2D eigenvalue weighted by atomic mass is 79.9. The predicted molar refractivity (Wildman–Crippen MR) is 161 cm³/mol. The van der Waals surface area contributed by atoms with Crippen LogP contribution in [0.2, 0.25) is 0 Å². The summed E-state index contributed by atoms with van der Waals surface area (Å²) in [7, 11) is -2.71. The van der Waals surface area contributed by atoms with Crippen molar-refractivity contribution in [3.63, 3.8) is 0 Å². The molecule has 5 heterocycles. The lowest BCUT2D eigenvalue weighted by Gasteiger charge is -2.29. The number of carbonyl (C=O) groups is 1. The topological polar surface area (TPSA) is 142 Å². The molecule has 0 saturated heterocycles. The molecule has 1 atom stereocenters. The summed E-state index contributed by atoms with van der Waals surface area (Å²) in [5.41, 5.74) is -0.698. The molecule has 3 aromatic heterocycles. The monoisotopic (exact) mass is 687 g/mol. The quantitative estimate of drug-likeness (QED) is 0.270. The number of fused-ring (bicyclic) bond motifs is 3. The Hall–Kier alpha value is -3.92. The summed E-state index contributed by atoms with van der Waals surface area (Å²) in [4.78, 5) is 28.5. The number of amides is 1. The lowest BCUT2D eigenvalue weighted by atomic mass is 10.1. The van der Waals surface area contributed by atoms with Gasteiger partial charge >= 0.3 is 0 Å². The van der Waals surface area contributed by atoms with E-state index in [0.29, 0.717) is 65.2 Å². The maximum absolute atomic E-state index is 14.3. The lowest BCUT2D eigenvalue weighted by Crippen LogP contribution is -2.30. The molecule has 0 saturated carbocycles. The molecule has 6 rings (SSSR count). The second kappa shape index (κ2) is 12.6. The Labute approximate surface area is 260 Å². The molecular formula is C29H27BrFN5O7S. The number of sulfone groups is 1. The fraction of sp³-hybridized carbons (Fsp3) is 0.310. The number of halogens is 2. The minimum atomic E-state index is -4.32. The molecule has 0 unspecified atom stereocenters. The van der Waals surface area contributed by atoms with E-state index in [2.05, 4.69) is 31.2 Å². The van der Waals surface area contributed by atoms with E-state index < -0.39 is 27.9 Å². The van der Waals surface area contributed by atoms with Crippen molar-refractivity contribution in [2.45, 2.75) is 23.6 Å². The number of hydrogen-bond donors (Lipinski definition) is 1. The SMILES string of the molecule is COCCOc1cnc2c(c1)OCCN2c1ccc2cnc(CNC(=O)c3cc(Br)c4c(c3)S(=O)(=O)[C@@H](F)COC4)cc2n1. The Bertz CT molecular complexity index is 1840. The first-order valence-corrected chi connectivity index (χ1v) is 15.9. The summed E-state index contributed by atoms with van der Waals surface area (Å²) in [5, 5.41) is 3.56. The van der Waals surface area contributed by atoms with E-state index >= 15 is 0 Å². The number of nitrogens with zero attached hydrogens (tertiary/aromatic N) is 4. The maximum Gasteiger partial charge on any atom is 0.251 e. The van der Waals surface area contributed by atoms with Gasteiger partial charge in [-0.05, 0) is 30.3 Å². The molecule has 0 fully saturated rings. The number of aromatic nitrogens is 3. The van der Waals surface area contributed by atoms with Gasteiger partial charge in [0.05, 0.1) is 55.2 Å². The van der Waals surface area contributed by atoms with Crippen LogP contribution in [-0.4, -0.2) is 74.9 Å². The molecule has 2 aliphatic rings. The van der Waals surface area contributed by atoms with Crippen molar-refractivity contribution in [3.05, 3.63) is 70.1 Å². The summed E-state index contributed by atoms with van der Waals surface area (Å²) < 4.78 is 61.6. The molecule has 0 bridgehead atoms. The zero-order valence-electron chi connectivity index (χ0n) is 23.5. The molecule has 2 aliphatic heterocycles. The second-order valence-corrected chi connectivity index (χ2v) is 12.9. The van der Waals surface area contributed by atoms with Crippen molar-refractivity contribution < 1.29 is 36.6 Å². The fourth-order valence-corrected chi connectivity index (χ4v) is 6.87. The number of benzene rings is 1. The summed E-state index contributed by atoms with van der Waals surface area (Å²) in [6, 6.07) is 10.00. The van der Waals surface area contributed by atoms with Crippen LogP contribution in [0.3, 0.4) is 0 Å². The Kier molecular flexibility index (Phi) is 8.62. The highest BCUT2D eigenvalue weighted by Crippen LogP contribution is 2.37. The van der Waals surface area contributed by atoms with Crippen LogP contribution >= 0.6 is 15.9 Å². The molecule has 1 aromatic carbocycles. The molecule has 230 valence electrons. The summed E-state index contributed by atoms with van der Waals surface area (Å²) in [6.45, 7) is 1.20. The van der Waals surface area contributed by atoms with Gasteiger partial charge < -0.3 is 29.2 Å². The van der Waals surface area contributed by atoms with Crippen LogP contribution in [0.1, 0.15) is 21.6 Å². The third kappa shape index (κ3) is 6.04. The van der Waals surface area contributed by atoms with Gasteiger partial charge in [-0.3, -0.25) is 9.78 Å². The number of ether oxygens (including phenoxy) is 4. The minimum Gasteiger partial charge on any atom is -0.489 e. The normalized spacial score (nSPS) is 17.2. The van der Waals surface area contributed by atoms with Gasteiger partial charge in [0.25, 0.3) is 5.91 Å². The first kappa shape index (κ1) is 30.1. The van der Waals surface area contributed by atoms with Crippen molar-refractivity contribution >= 4 is 54.2 Å². The smallest absolute Gasteiger partial charge is 0.251 e. The third-order valence-electron chi connectivity index (χ3n) is 7.07. The number of carbonyl (C=O) groups excluding carboxylic acids is 1. The van der Waals surface area contributed by atoms with Crippen LogP contribution in [0, 0.1) is 0 Å². The van der Waals surface area contributed by atoms with Crippen LogP contribution in [0.25, 0.3) is 10.9 Å². The minimum absolute atomic E-state index is 0.0464. The molecule has 1 N–H and O–H groups in total. The van der Waals surface area contributed by atoms with Gasteiger partial charge in [0.15, 0.2) is 11.6 Å². The van der Waals surface area contributed by atoms with Crippen molar-refractivity contribution in [3.8, 4) is 11.5 Å². The molecular weight excluding hydrogens is 661 g/mol. The third-order valence-corrected chi connectivity index (χ3v) is 9.56. The zero-order valence-corrected chi connectivity index (χ0v) is 25.9. The van der Waals surface area contributed by atoms with Crippen molar-refractivity contribution in [2.75, 3.05) is 45.0 Å². The Morgan fingerprint density at radius 1 is 1.18 bits per heavy atom. The molecule has 4 aromatic rings. The standard InChI is InChI=1S/C29H27BrFN5O7S/c1-40-6-7-42-20-11-24-28(33-14-20)36(4-5-43-24)27-3-2-17-12-32-19(10-23(17)35-27)13-34-29(37)18-8-22(30)21-15-41-16-26(31)44(38,39)25(21)9-18/h2-3,8-12,14,26H,4-7,13,15-16H2,1H3,(H,34,37)/t26-/m1/s1. The van der Waals surface area contributed by atoms with Gasteiger partial charge in [0.2, 0.25) is 15.3 Å². The number of hydrogen-bond acceptors (Lipinski definition) is 11. The maximum atomic E-state index is 14.3. The van der Waals surface area contributed by atoms with Gasteiger partial charge in [-0.25, -0.2) is 22.8 Å². The molecule has 44 heavy (non-hydrogen) atoms. The molecule has 0 radical (unpaired) electrons. The highest BCUT2D eigenvalue weighted by molar-refractivity contribution is 9.10. The average molecular weight is 689 g/mol. The predicted octanol–water partition coefficient (Wildman–Crippen LogP) is 3.87. The zero-order chi connectivity index (χ0) is 30.8. The van der Waals surface area contributed by atoms with Crippen LogP contribution in [0.4, 0.5) is 16.0 Å². The first-order valence-electron chi connectivity index (χ1n) is 13.6. The molecule has 0 spiro atoms. The lowest BCUT2D eigenvalue weighted by molar-refractivity contribution is 0.0946. The molecule has 0 aliphatic carbocycles.